The summed E-state index contributed by atoms with van der Waals surface area (Å²) in [5.74, 6) is -1.23. The number of non-ortho nitro benzene ring substituents is 1. The molecule has 0 aromatic heterocycles. The lowest BCUT2D eigenvalue weighted by Gasteiger charge is -2.08. The Kier molecular flexibility index (Phi) is 7.44. The highest BCUT2D eigenvalue weighted by Crippen LogP contribution is 2.28. The van der Waals surface area contributed by atoms with Crippen LogP contribution < -0.4 is 0 Å². The van der Waals surface area contributed by atoms with Crippen molar-refractivity contribution >= 4 is 23.3 Å². The molecule has 0 radical (unpaired) electrons. The minimum atomic E-state index is -0.762. The molecule has 10 heteroatoms. The van der Waals surface area contributed by atoms with Crippen molar-refractivity contribution in [3.8, 4) is 0 Å². The lowest BCUT2D eigenvalue weighted by atomic mass is 10.1. The van der Waals surface area contributed by atoms with E-state index < -0.39 is 33.2 Å². The molecular weight excluding hydrogens is 336 g/mol. The van der Waals surface area contributed by atoms with Gasteiger partial charge in [-0.1, -0.05) is 6.92 Å². The molecule has 0 heterocycles. The number of carbonyl (C=O) groups excluding carboxylic acids is 2. The third-order valence-electron chi connectivity index (χ3n) is 3.27. The first-order valence-electron chi connectivity index (χ1n) is 7.49. The number of rotatable bonds is 9. The molecular formula is C15H18N2O8. The minimum Gasteiger partial charge on any atom is -0.466 e. The largest absolute Gasteiger partial charge is 0.466 e. The predicted octanol–water partition coefficient (Wildman–Crippen LogP) is 2.59. The van der Waals surface area contributed by atoms with Gasteiger partial charge in [-0.3, -0.25) is 29.8 Å². The minimum absolute atomic E-state index is 0.146. The lowest BCUT2D eigenvalue weighted by molar-refractivity contribution is -0.394. The Labute approximate surface area is 143 Å². The van der Waals surface area contributed by atoms with Crippen LogP contribution in [-0.4, -0.2) is 28.4 Å². The van der Waals surface area contributed by atoms with Crippen LogP contribution in [0.15, 0.2) is 12.1 Å². The number of esters is 2. The number of nitrogens with zero attached hydrogens (tertiary/aromatic N) is 2. The van der Waals surface area contributed by atoms with Gasteiger partial charge in [-0.05, 0) is 13.3 Å². The van der Waals surface area contributed by atoms with Crippen LogP contribution in [0.4, 0.5) is 11.4 Å². The van der Waals surface area contributed by atoms with Gasteiger partial charge < -0.3 is 9.47 Å². The Morgan fingerprint density at radius 3 is 2.16 bits per heavy atom. The van der Waals surface area contributed by atoms with E-state index in [2.05, 4.69) is 0 Å². The van der Waals surface area contributed by atoms with Crippen molar-refractivity contribution in [1.82, 2.24) is 0 Å². The number of nitro benzene ring substituents is 2. The highest BCUT2D eigenvalue weighted by Gasteiger charge is 2.22. The van der Waals surface area contributed by atoms with E-state index in [9.17, 15) is 29.8 Å². The fraction of sp³-hybridized carbons (Fsp3) is 0.467. The molecule has 0 aliphatic carbocycles. The number of hydrogen-bond acceptors (Lipinski definition) is 8. The second kappa shape index (κ2) is 9.30. The van der Waals surface area contributed by atoms with Gasteiger partial charge in [0.2, 0.25) is 0 Å². The van der Waals surface area contributed by atoms with E-state index in [0.29, 0.717) is 6.42 Å². The maximum atomic E-state index is 11.6. The number of nitro groups is 2. The molecule has 136 valence electrons. The van der Waals surface area contributed by atoms with Crippen molar-refractivity contribution in [2.75, 3.05) is 6.61 Å². The van der Waals surface area contributed by atoms with Crippen molar-refractivity contribution in [1.29, 1.82) is 0 Å². The summed E-state index contributed by atoms with van der Waals surface area (Å²) in [4.78, 5) is 43.3. The number of carbonyl (C=O) groups is 2. The summed E-state index contributed by atoms with van der Waals surface area (Å²) in [5.41, 5.74) is -0.566. The van der Waals surface area contributed by atoms with E-state index in [4.69, 9.17) is 9.47 Å². The highest BCUT2D eigenvalue weighted by atomic mass is 16.6. The summed E-state index contributed by atoms with van der Waals surface area (Å²) in [5, 5.41) is 21.8. The molecule has 10 nitrogen and oxygen atoms in total. The number of ether oxygens (including phenoxy) is 2. The number of hydrogen-bond donors (Lipinski definition) is 0. The molecule has 0 saturated carbocycles. The second-order valence-corrected chi connectivity index (χ2v) is 5.14. The van der Waals surface area contributed by atoms with Gasteiger partial charge in [-0.25, -0.2) is 0 Å². The van der Waals surface area contributed by atoms with Crippen molar-refractivity contribution in [3.63, 3.8) is 0 Å². The first kappa shape index (κ1) is 20.0. The van der Waals surface area contributed by atoms with Gasteiger partial charge in [0, 0.05) is 17.2 Å². The summed E-state index contributed by atoms with van der Waals surface area (Å²) >= 11 is 0. The van der Waals surface area contributed by atoms with Crippen LogP contribution in [0, 0.1) is 27.2 Å². The van der Waals surface area contributed by atoms with E-state index in [-0.39, 0.29) is 37.2 Å². The van der Waals surface area contributed by atoms with Gasteiger partial charge in [0.1, 0.15) is 6.61 Å². The third kappa shape index (κ3) is 6.16. The van der Waals surface area contributed by atoms with Crippen molar-refractivity contribution in [2.45, 2.75) is 39.7 Å². The maximum absolute atomic E-state index is 11.6. The Hall–Kier alpha value is -3.04. The predicted molar refractivity (Wildman–Crippen MR) is 84.8 cm³/mol. The average Bonchev–Trinajstić information content (AvgIpc) is 2.56. The smallest absolute Gasteiger partial charge is 0.306 e. The van der Waals surface area contributed by atoms with Crippen LogP contribution in [0.25, 0.3) is 0 Å². The summed E-state index contributed by atoms with van der Waals surface area (Å²) in [7, 11) is 0. The molecule has 0 amide bonds. The van der Waals surface area contributed by atoms with Crippen LogP contribution in [-0.2, 0) is 25.7 Å². The fourth-order valence-corrected chi connectivity index (χ4v) is 1.91. The van der Waals surface area contributed by atoms with Gasteiger partial charge in [0.25, 0.3) is 11.4 Å². The molecule has 0 aliphatic rings. The quantitative estimate of drug-likeness (QED) is 0.374. The summed E-state index contributed by atoms with van der Waals surface area (Å²) < 4.78 is 9.75. The van der Waals surface area contributed by atoms with Crippen molar-refractivity contribution in [3.05, 3.63) is 43.5 Å². The van der Waals surface area contributed by atoms with E-state index in [0.717, 1.165) is 12.1 Å². The number of benzene rings is 1. The molecule has 0 unspecified atom stereocenters. The zero-order valence-electron chi connectivity index (χ0n) is 13.9. The van der Waals surface area contributed by atoms with Gasteiger partial charge in [0.05, 0.1) is 35.4 Å². The van der Waals surface area contributed by atoms with Crippen LogP contribution in [0.5, 0.6) is 0 Å². The third-order valence-corrected chi connectivity index (χ3v) is 3.27. The van der Waals surface area contributed by atoms with E-state index in [1.54, 1.807) is 0 Å². The lowest BCUT2D eigenvalue weighted by Crippen LogP contribution is -2.11. The molecule has 1 aromatic carbocycles. The molecule has 0 saturated heterocycles. The average molecular weight is 354 g/mol. The first-order valence-corrected chi connectivity index (χ1v) is 7.49. The Morgan fingerprint density at radius 1 is 1.04 bits per heavy atom. The van der Waals surface area contributed by atoms with Gasteiger partial charge in [-0.2, -0.15) is 0 Å². The molecule has 1 aromatic rings. The summed E-state index contributed by atoms with van der Waals surface area (Å²) in [6, 6.07) is 1.97. The van der Waals surface area contributed by atoms with Gasteiger partial charge >= 0.3 is 11.9 Å². The topological polar surface area (TPSA) is 139 Å². The fourth-order valence-electron chi connectivity index (χ4n) is 1.91. The summed E-state index contributed by atoms with van der Waals surface area (Å²) in [6.07, 6.45) is 0.312. The zero-order valence-corrected chi connectivity index (χ0v) is 13.9. The molecule has 0 atom stereocenters. The molecule has 0 N–H and O–H groups in total. The van der Waals surface area contributed by atoms with E-state index in [1.165, 1.54) is 6.92 Å². The van der Waals surface area contributed by atoms with Gasteiger partial charge in [0.15, 0.2) is 0 Å². The van der Waals surface area contributed by atoms with Crippen LogP contribution >= 0.6 is 0 Å². The normalized spacial score (nSPS) is 10.2. The van der Waals surface area contributed by atoms with Crippen LogP contribution in [0.2, 0.25) is 0 Å². The second-order valence-electron chi connectivity index (χ2n) is 5.14. The van der Waals surface area contributed by atoms with Crippen molar-refractivity contribution in [2.24, 2.45) is 0 Å². The Morgan fingerprint density at radius 2 is 1.64 bits per heavy atom. The molecule has 0 fully saturated rings. The molecule has 0 spiro atoms. The van der Waals surface area contributed by atoms with Gasteiger partial charge in [-0.15, -0.1) is 0 Å². The molecule has 1 rings (SSSR count). The van der Waals surface area contributed by atoms with Crippen molar-refractivity contribution < 1.29 is 28.9 Å². The standard InChI is InChI=1S/C15H18N2O8/c1-3-6-24-14(18)4-5-15(19)25-9-11-7-12(16(20)21)8-13(10(11)2)17(22)23/h7-8H,3-6,9H2,1-2H3. The zero-order chi connectivity index (χ0) is 19.0. The Bertz CT molecular complexity index is 686. The monoisotopic (exact) mass is 354 g/mol. The summed E-state index contributed by atoms with van der Waals surface area (Å²) in [6.45, 7) is 3.15. The SMILES string of the molecule is CCCOC(=O)CCC(=O)OCc1cc([N+](=O)[O-])cc([N+](=O)[O-])c1C. The highest BCUT2D eigenvalue weighted by molar-refractivity contribution is 5.77. The van der Waals surface area contributed by atoms with E-state index >= 15 is 0 Å². The van der Waals surface area contributed by atoms with Crippen LogP contribution in [0.3, 0.4) is 0 Å². The van der Waals surface area contributed by atoms with E-state index in [1.807, 2.05) is 6.92 Å². The maximum Gasteiger partial charge on any atom is 0.306 e. The molecule has 25 heavy (non-hydrogen) atoms. The molecule has 0 bridgehead atoms. The Balaban J connectivity index is 2.73. The van der Waals surface area contributed by atoms with Crippen LogP contribution in [0.1, 0.15) is 37.3 Å². The molecule has 0 aliphatic heterocycles. The first-order chi connectivity index (χ1) is 11.8.